The van der Waals surface area contributed by atoms with Crippen LogP contribution in [-0.2, 0) is 12.8 Å². The first-order valence-corrected chi connectivity index (χ1v) is 17.6. The molecule has 3 aromatic rings. The third kappa shape index (κ3) is 22.1. The van der Waals surface area contributed by atoms with Gasteiger partial charge in [-0.25, -0.2) is 4.39 Å². The molecule has 0 unspecified atom stereocenters. The first-order chi connectivity index (χ1) is 21.7. The summed E-state index contributed by atoms with van der Waals surface area (Å²) < 4.78 is 12.4. The predicted octanol–water partition coefficient (Wildman–Crippen LogP) is 12.3. The van der Waals surface area contributed by atoms with Crippen LogP contribution >= 0.6 is 0 Å². The largest absolute Gasteiger partial charge is 0.508 e. The number of aryl methyl sites for hydroxylation is 1. The minimum absolute atomic E-state index is 0.0731. The zero-order valence-electron chi connectivity index (χ0n) is 30.5. The maximum absolute atomic E-state index is 12.4. The van der Waals surface area contributed by atoms with E-state index in [4.69, 9.17) is 0 Å². The highest BCUT2D eigenvalue weighted by atomic mass is 19.1. The molecule has 0 fully saturated rings. The number of amides is 1. The Hall–Kier alpha value is -3.14. The third-order valence-electron chi connectivity index (χ3n) is 7.37. The van der Waals surface area contributed by atoms with Crippen molar-refractivity contribution < 1.29 is 14.3 Å². The second-order valence-corrected chi connectivity index (χ2v) is 11.0. The Bertz CT molecular complexity index is 1090. The Kier molecular flexibility index (Phi) is 28.9. The van der Waals surface area contributed by atoms with Crippen LogP contribution in [0.15, 0.2) is 72.8 Å². The smallest absolute Gasteiger partial charge is 0.253 e. The summed E-state index contributed by atoms with van der Waals surface area (Å²) in [4.78, 5) is 14.0. The van der Waals surface area contributed by atoms with Gasteiger partial charge < -0.3 is 10.0 Å². The predicted molar refractivity (Wildman–Crippen MR) is 196 cm³/mol. The van der Waals surface area contributed by atoms with Crippen molar-refractivity contribution in [2.75, 3.05) is 13.1 Å². The number of aromatic hydroxyl groups is 1. The van der Waals surface area contributed by atoms with Crippen LogP contribution in [0.1, 0.15) is 141 Å². The summed E-state index contributed by atoms with van der Waals surface area (Å²) in [6.07, 6.45) is 11.3. The molecular formula is C41H66FNO2. The van der Waals surface area contributed by atoms with Gasteiger partial charge in [0.25, 0.3) is 5.91 Å². The lowest BCUT2D eigenvalue weighted by atomic mass is 10.0. The molecule has 0 heterocycles. The van der Waals surface area contributed by atoms with E-state index in [9.17, 15) is 14.3 Å². The van der Waals surface area contributed by atoms with Crippen LogP contribution < -0.4 is 0 Å². The van der Waals surface area contributed by atoms with Crippen LogP contribution in [0.5, 0.6) is 5.75 Å². The number of nitrogens with zero attached hydrogens (tertiary/aromatic N) is 1. The fraction of sp³-hybridized carbons (Fsp3) is 0.537. The summed E-state index contributed by atoms with van der Waals surface area (Å²) >= 11 is 0. The summed E-state index contributed by atoms with van der Waals surface area (Å²) in [6.45, 7) is 22.7. The van der Waals surface area contributed by atoms with Crippen LogP contribution in [0.25, 0.3) is 0 Å². The molecule has 1 atom stereocenters. The van der Waals surface area contributed by atoms with E-state index < -0.39 is 0 Å². The maximum Gasteiger partial charge on any atom is 0.253 e. The van der Waals surface area contributed by atoms with Gasteiger partial charge in [-0.05, 0) is 85.7 Å². The number of hydrogen-bond donors (Lipinski definition) is 1. The van der Waals surface area contributed by atoms with E-state index in [2.05, 4.69) is 34.6 Å². The lowest BCUT2D eigenvalue weighted by molar-refractivity contribution is 0.0773. The quantitative estimate of drug-likeness (QED) is 0.204. The minimum atomic E-state index is -0.144. The number of unbranched alkanes of at least 4 members (excludes halogenated alkanes) is 3. The number of carbonyl (C=O) groups excluding carboxylic acids is 1. The van der Waals surface area contributed by atoms with E-state index in [1.807, 2.05) is 82.0 Å². The van der Waals surface area contributed by atoms with Gasteiger partial charge in [0.2, 0.25) is 0 Å². The molecule has 0 spiro atoms. The Balaban J connectivity index is 0. The monoisotopic (exact) mass is 624 g/mol. The van der Waals surface area contributed by atoms with Crippen LogP contribution in [-0.4, -0.2) is 29.0 Å². The van der Waals surface area contributed by atoms with Crippen molar-refractivity contribution in [1.29, 1.82) is 0 Å². The minimum Gasteiger partial charge on any atom is -0.508 e. The third-order valence-corrected chi connectivity index (χ3v) is 7.37. The van der Waals surface area contributed by atoms with Gasteiger partial charge in [0.1, 0.15) is 11.6 Å². The van der Waals surface area contributed by atoms with Crippen molar-refractivity contribution >= 4 is 5.91 Å². The normalized spacial score (nSPS) is 10.3. The number of phenolic OH excluding ortho intramolecular Hbond substituents is 1. The molecule has 3 rings (SSSR count). The standard InChI is InChI=1S/C18H21NO2.C9H20.C8H9F.C4H10.C2H6/c1-3-19(4-2)18(21)16-10-8-14(9-11-16)12-15-6-5-7-17(20)13-15;1-4-6-7-8-9(3)5-2;1-2-7-4-3-5-8(9)6-7;1-3-4-2;1-2/h5-11,13,20H,3-4,12H2,1-2H3;9H,4-8H2,1-3H3;3-6H,2H2,1H3;3-4H2,1-2H3;1-2H3/t;9-;;;/m.1.../s1. The summed E-state index contributed by atoms with van der Waals surface area (Å²) in [5.41, 5.74) is 3.95. The highest BCUT2D eigenvalue weighted by Gasteiger charge is 2.11. The first kappa shape index (κ1) is 44.0. The lowest BCUT2D eigenvalue weighted by Crippen LogP contribution is -2.30. The molecule has 3 aromatic carbocycles. The fourth-order valence-corrected chi connectivity index (χ4v) is 4.06. The molecule has 254 valence electrons. The molecule has 0 saturated heterocycles. The Morgan fingerprint density at radius 3 is 1.76 bits per heavy atom. The van der Waals surface area contributed by atoms with E-state index >= 15 is 0 Å². The molecule has 0 saturated carbocycles. The molecular weight excluding hydrogens is 557 g/mol. The zero-order chi connectivity index (χ0) is 34.5. The molecule has 3 nitrogen and oxygen atoms in total. The van der Waals surface area contributed by atoms with Crippen molar-refractivity contribution in [3.63, 3.8) is 0 Å². The topological polar surface area (TPSA) is 40.5 Å². The van der Waals surface area contributed by atoms with Gasteiger partial charge in [-0.1, -0.05) is 137 Å². The molecule has 1 N–H and O–H groups in total. The Labute approximate surface area is 277 Å². The van der Waals surface area contributed by atoms with Gasteiger partial charge in [0.15, 0.2) is 0 Å². The summed E-state index contributed by atoms with van der Waals surface area (Å²) in [7, 11) is 0. The molecule has 0 aliphatic rings. The molecule has 0 bridgehead atoms. The van der Waals surface area contributed by atoms with Gasteiger partial charge in [0, 0.05) is 18.7 Å². The average molecular weight is 624 g/mol. The Morgan fingerprint density at radius 2 is 1.31 bits per heavy atom. The van der Waals surface area contributed by atoms with Crippen molar-refractivity contribution in [3.8, 4) is 5.75 Å². The maximum atomic E-state index is 12.4. The van der Waals surface area contributed by atoms with Gasteiger partial charge in [-0.2, -0.15) is 0 Å². The van der Waals surface area contributed by atoms with E-state index in [-0.39, 0.29) is 17.5 Å². The van der Waals surface area contributed by atoms with E-state index in [0.29, 0.717) is 0 Å². The van der Waals surface area contributed by atoms with Crippen molar-refractivity contribution in [1.82, 2.24) is 4.90 Å². The zero-order valence-corrected chi connectivity index (χ0v) is 30.5. The Morgan fingerprint density at radius 1 is 0.733 bits per heavy atom. The second-order valence-electron chi connectivity index (χ2n) is 11.0. The molecule has 45 heavy (non-hydrogen) atoms. The van der Waals surface area contributed by atoms with Crippen molar-refractivity contribution in [2.24, 2.45) is 5.92 Å². The summed E-state index contributed by atoms with van der Waals surface area (Å²) in [5, 5.41) is 9.47. The SMILES string of the molecule is CC.CCCC.CCCCC[C@H](C)CC.CCN(CC)C(=O)c1ccc(Cc2cccc(O)c2)cc1.CCc1cccc(F)c1. The molecule has 1 amide bonds. The lowest BCUT2D eigenvalue weighted by Gasteiger charge is -2.18. The summed E-state index contributed by atoms with van der Waals surface area (Å²) in [6, 6.07) is 21.6. The molecule has 0 aliphatic heterocycles. The highest BCUT2D eigenvalue weighted by molar-refractivity contribution is 5.94. The number of halogens is 1. The van der Waals surface area contributed by atoms with Crippen molar-refractivity contribution in [2.45, 2.75) is 127 Å². The number of rotatable bonds is 12. The number of phenols is 1. The van der Waals surface area contributed by atoms with Crippen LogP contribution in [0.4, 0.5) is 4.39 Å². The fourth-order valence-electron chi connectivity index (χ4n) is 4.06. The molecule has 0 aliphatic carbocycles. The molecule has 0 radical (unpaired) electrons. The van der Waals surface area contributed by atoms with Gasteiger partial charge in [0.05, 0.1) is 0 Å². The van der Waals surface area contributed by atoms with E-state index in [1.165, 1.54) is 51.0 Å². The van der Waals surface area contributed by atoms with Crippen LogP contribution in [0, 0.1) is 11.7 Å². The van der Waals surface area contributed by atoms with E-state index in [0.717, 1.165) is 54.1 Å². The van der Waals surface area contributed by atoms with Crippen LogP contribution in [0.2, 0.25) is 0 Å². The second kappa shape index (κ2) is 29.6. The van der Waals surface area contributed by atoms with Gasteiger partial charge in [-0.15, -0.1) is 0 Å². The van der Waals surface area contributed by atoms with Gasteiger partial charge >= 0.3 is 0 Å². The van der Waals surface area contributed by atoms with Crippen LogP contribution in [0.3, 0.4) is 0 Å². The molecule has 0 aromatic heterocycles. The first-order valence-electron chi connectivity index (χ1n) is 17.6. The van der Waals surface area contributed by atoms with Gasteiger partial charge in [-0.3, -0.25) is 4.79 Å². The number of hydrogen-bond acceptors (Lipinski definition) is 2. The molecule has 4 heteroatoms. The van der Waals surface area contributed by atoms with E-state index in [1.54, 1.807) is 24.3 Å². The summed E-state index contributed by atoms with van der Waals surface area (Å²) in [5.74, 6) is 1.16. The number of carbonyl (C=O) groups is 1. The van der Waals surface area contributed by atoms with Crippen molar-refractivity contribution in [3.05, 3.63) is 101 Å². The number of benzene rings is 3. The highest BCUT2D eigenvalue weighted by Crippen LogP contribution is 2.16. The average Bonchev–Trinajstić information content (AvgIpc) is 3.07.